The van der Waals surface area contributed by atoms with Crippen molar-refractivity contribution in [2.24, 2.45) is 11.7 Å². The van der Waals surface area contributed by atoms with Gasteiger partial charge in [0.05, 0.1) is 0 Å². The van der Waals surface area contributed by atoms with Crippen molar-refractivity contribution in [3.63, 3.8) is 0 Å². The lowest BCUT2D eigenvalue weighted by molar-refractivity contribution is 0.174. The molecule has 1 aromatic carbocycles. The molecular formula is C17H27N. The van der Waals surface area contributed by atoms with Gasteiger partial charge in [0.1, 0.15) is 0 Å². The summed E-state index contributed by atoms with van der Waals surface area (Å²) in [5.41, 5.74) is 8.27. The zero-order valence-electron chi connectivity index (χ0n) is 11.9. The number of rotatable bonds is 4. The second kappa shape index (κ2) is 5.88. The predicted molar refractivity (Wildman–Crippen MR) is 78.6 cm³/mol. The standard InChI is InChI=1S/C17H27N/c1-3-16(4-2)17(18)12-10-15(11-13-17)14-8-6-5-7-9-14/h5-9,15-16H,3-4,10-13,18H2,1-2H3. The molecule has 0 heterocycles. The van der Waals surface area contributed by atoms with Crippen LogP contribution in [0.2, 0.25) is 0 Å². The fraction of sp³-hybridized carbons (Fsp3) is 0.647. The van der Waals surface area contributed by atoms with Gasteiger partial charge >= 0.3 is 0 Å². The minimum Gasteiger partial charge on any atom is -0.325 e. The van der Waals surface area contributed by atoms with E-state index >= 15 is 0 Å². The molecule has 1 heteroatoms. The predicted octanol–water partition coefficient (Wildman–Crippen LogP) is 4.48. The summed E-state index contributed by atoms with van der Waals surface area (Å²) in [5.74, 6) is 1.44. The monoisotopic (exact) mass is 245 g/mol. The number of hydrogen-bond donors (Lipinski definition) is 1. The highest BCUT2D eigenvalue weighted by Crippen LogP contribution is 2.41. The molecule has 1 saturated carbocycles. The van der Waals surface area contributed by atoms with Crippen LogP contribution < -0.4 is 5.73 Å². The molecule has 0 amide bonds. The molecule has 2 rings (SSSR count). The van der Waals surface area contributed by atoms with E-state index in [4.69, 9.17) is 5.73 Å². The van der Waals surface area contributed by atoms with Crippen molar-refractivity contribution in [2.75, 3.05) is 0 Å². The van der Waals surface area contributed by atoms with E-state index in [1.54, 1.807) is 0 Å². The van der Waals surface area contributed by atoms with E-state index in [-0.39, 0.29) is 5.54 Å². The Labute approximate surface area is 112 Å². The van der Waals surface area contributed by atoms with Crippen LogP contribution in [0, 0.1) is 5.92 Å². The highest BCUT2D eigenvalue weighted by molar-refractivity contribution is 5.20. The number of benzene rings is 1. The Balaban J connectivity index is 1.99. The van der Waals surface area contributed by atoms with E-state index in [1.165, 1.54) is 44.1 Å². The van der Waals surface area contributed by atoms with Gasteiger partial charge in [-0.2, -0.15) is 0 Å². The van der Waals surface area contributed by atoms with Gasteiger partial charge in [-0.25, -0.2) is 0 Å². The van der Waals surface area contributed by atoms with Gasteiger partial charge in [-0.05, 0) is 43.1 Å². The molecule has 0 radical (unpaired) electrons. The molecule has 0 bridgehead atoms. The molecule has 18 heavy (non-hydrogen) atoms. The van der Waals surface area contributed by atoms with Gasteiger partial charge in [0.2, 0.25) is 0 Å². The largest absolute Gasteiger partial charge is 0.325 e. The quantitative estimate of drug-likeness (QED) is 0.831. The second-order valence-corrected chi connectivity index (χ2v) is 5.93. The van der Waals surface area contributed by atoms with Crippen LogP contribution >= 0.6 is 0 Å². The van der Waals surface area contributed by atoms with Crippen molar-refractivity contribution in [2.45, 2.75) is 63.8 Å². The fourth-order valence-electron chi connectivity index (χ4n) is 3.72. The van der Waals surface area contributed by atoms with E-state index in [0.717, 1.165) is 5.92 Å². The first-order valence-electron chi connectivity index (χ1n) is 7.53. The lowest BCUT2D eigenvalue weighted by Gasteiger charge is -2.42. The smallest absolute Gasteiger partial charge is 0.0183 e. The Kier molecular flexibility index (Phi) is 4.45. The van der Waals surface area contributed by atoms with Gasteiger partial charge < -0.3 is 5.73 Å². The topological polar surface area (TPSA) is 26.0 Å². The zero-order valence-corrected chi connectivity index (χ0v) is 11.9. The third kappa shape index (κ3) is 2.77. The Bertz CT molecular complexity index is 345. The molecule has 0 aromatic heterocycles. The lowest BCUT2D eigenvalue weighted by atomic mass is 9.67. The number of hydrogen-bond acceptors (Lipinski definition) is 1. The Hall–Kier alpha value is -0.820. The van der Waals surface area contributed by atoms with Gasteiger partial charge in [-0.1, -0.05) is 57.0 Å². The summed E-state index contributed by atoms with van der Waals surface area (Å²) in [6.45, 7) is 4.57. The molecule has 1 nitrogen and oxygen atoms in total. The summed E-state index contributed by atoms with van der Waals surface area (Å²) in [4.78, 5) is 0. The molecule has 1 fully saturated rings. The third-order valence-corrected chi connectivity index (χ3v) is 4.99. The average Bonchev–Trinajstić information content (AvgIpc) is 2.42. The van der Waals surface area contributed by atoms with Crippen LogP contribution in [-0.4, -0.2) is 5.54 Å². The highest BCUT2D eigenvalue weighted by atomic mass is 14.8. The summed E-state index contributed by atoms with van der Waals surface area (Å²) in [6, 6.07) is 10.9. The normalized spacial score (nSPS) is 28.6. The van der Waals surface area contributed by atoms with Gasteiger partial charge in [-0.15, -0.1) is 0 Å². The first-order chi connectivity index (χ1) is 8.69. The summed E-state index contributed by atoms with van der Waals surface area (Å²) < 4.78 is 0. The van der Waals surface area contributed by atoms with Crippen LogP contribution in [0.5, 0.6) is 0 Å². The zero-order chi connectivity index (χ0) is 13.0. The summed E-state index contributed by atoms with van der Waals surface area (Å²) in [6.07, 6.45) is 7.36. The summed E-state index contributed by atoms with van der Waals surface area (Å²) in [5, 5.41) is 0. The lowest BCUT2D eigenvalue weighted by Crippen LogP contribution is -2.49. The molecule has 1 aliphatic carbocycles. The highest BCUT2D eigenvalue weighted by Gasteiger charge is 2.36. The molecule has 1 aliphatic rings. The van der Waals surface area contributed by atoms with E-state index < -0.39 is 0 Å². The minimum absolute atomic E-state index is 0.106. The van der Waals surface area contributed by atoms with Gasteiger partial charge in [0, 0.05) is 5.54 Å². The van der Waals surface area contributed by atoms with E-state index in [0.29, 0.717) is 5.92 Å². The van der Waals surface area contributed by atoms with Crippen molar-refractivity contribution in [1.82, 2.24) is 0 Å². The SMILES string of the molecule is CCC(CC)C1(N)CCC(c2ccccc2)CC1. The molecule has 1 aromatic rings. The molecular weight excluding hydrogens is 218 g/mol. The maximum Gasteiger partial charge on any atom is 0.0183 e. The van der Waals surface area contributed by atoms with Crippen molar-refractivity contribution >= 4 is 0 Å². The van der Waals surface area contributed by atoms with Crippen LogP contribution in [0.4, 0.5) is 0 Å². The molecule has 0 atom stereocenters. The Morgan fingerprint density at radius 3 is 2.17 bits per heavy atom. The van der Waals surface area contributed by atoms with E-state index in [1.807, 2.05) is 0 Å². The molecule has 0 spiro atoms. The molecule has 100 valence electrons. The Morgan fingerprint density at radius 2 is 1.67 bits per heavy atom. The van der Waals surface area contributed by atoms with Gasteiger partial charge in [0.25, 0.3) is 0 Å². The fourth-order valence-corrected chi connectivity index (χ4v) is 3.72. The van der Waals surface area contributed by atoms with Crippen LogP contribution in [-0.2, 0) is 0 Å². The van der Waals surface area contributed by atoms with Crippen LogP contribution in [0.3, 0.4) is 0 Å². The van der Waals surface area contributed by atoms with Crippen LogP contribution in [0.1, 0.15) is 63.9 Å². The maximum atomic E-state index is 6.66. The molecule has 0 aliphatic heterocycles. The average molecular weight is 245 g/mol. The summed E-state index contributed by atoms with van der Waals surface area (Å²) in [7, 11) is 0. The van der Waals surface area contributed by atoms with Crippen LogP contribution in [0.15, 0.2) is 30.3 Å². The maximum absolute atomic E-state index is 6.66. The van der Waals surface area contributed by atoms with Crippen molar-refractivity contribution in [3.05, 3.63) is 35.9 Å². The van der Waals surface area contributed by atoms with Gasteiger partial charge in [0.15, 0.2) is 0 Å². The number of nitrogens with two attached hydrogens (primary N) is 1. The first kappa shape index (κ1) is 13.6. The van der Waals surface area contributed by atoms with E-state index in [9.17, 15) is 0 Å². The summed E-state index contributed by atoms with van der Waals surface area (Å²) >= 11 is 0. The molecule has 0 saturated heterocycles. The van der Waals surface area contributed by atoms with E-state index in [2.05, 4.69) is 44.2 Å². The van der Waals surface area contributed by atoms with Crippen molar-refractivity contribution < 1.29 is 0 Å². The second-order valence-electron chi connectivity index (χ2n) is 5.93. The first-order valence-corrected chi connectivity index (χ1v) is 7.53. The van der Waals surface area contributed by atoms with Crippen molar-refractivity contribution in [1.29, 1.82) is 0 Å². The minimum atomic E-state index is 0.106. The molecule has 2 N–H and O–H groups in total. The molecule has 0 unspecified atom stereocenters. The Morgan fingerprint density at radius 1 is 1.11 bits per heavy atom. The van der Waals surface area contributed by atoms with Gasteiger partial charge in [-0.3, -0.25) is 0 Å². The van der Waals surface area contributed by atoms with Crippen molar-refractivity contribution in [3.8, 4) is 0 Å². The van der Waals surface area contributed by atoms with Crippen LogP contribution in [0.25, 0.3) is 0 Å². The third-order valence-electron chi connectivity index (χ3n) is 4.99.